The molecule has 0 amide bonds. The molecule has 1 aliphatic heterocycles. The van der Waals surface area contributed by atoms with Gasteiger partial charge in [0.2, 0.25) is 0 Å². The number of methoxy groups -OCH3 is 2. The third-order valence-electron chi connectivity index (χ3n) is 6.31. The molecule has 0 fully saturated rings. The maximum atomic E-state index is 13.7. The Morgan fingerprint density at radius 2 is 1.91 bits per heavy atom. The Labute approximate surface area is 205 Å². The van der Waals surface area contributed by atoms with Crippen molar-refractivity contribution < 1.29 is 38.4 Å². The van der Waals surface area contributed by atoms with Gasteiger partial charge in [-0.3, -0.25) is 9.59 Å². The largest absolute Gasteiger partial charge is 0.504 e. The Balaban J connectivity index is 2.07. The van der Waals surface area contributed by atoms with Gasteiger partial charge in [-0.25, -0.2) is 4.79 Å². The van der Waals surface area contributed by atoms with Gasteiger partial charge < -0.3 is 29.4 Å². The minimum atomic E-state index is -0.986. The van der Waals surface area contributed by atoms with E-state index in [0.717, 1.165) is 6.42 Å². The van der Waals surface area contributed by atoms with Crippen LogP contribution in [0.3, 0.4) is 0 Å². The van der Waals surface area contributed by atoms with Gasteiger partial charge in [0, 0.05) is 29.5 Å². The molecular weight excluding hydrogens is 454 g/mol. The summed E-state index contributed by atoms with van der Waals surface area (Å²) in [6, 6.07) is 4.65. The number of Topliss-reactive ketones (excluding diaryl/α,β-unsaturated/α-hetero) is 1. The summed E-state index contributed by atoms with van der Waals surface area (Å²) >= 11 is 0. The lowest BCUT2D eigenvalue weighted by Crippen LogP contribution is -2.43. The number of aromatic hydroxyl groups is 1. The second-order valence-corrected chi connectivity index (χ2v) is 8.71. The third-order valence-corrected chi connectivity index (χ3v) is 6.31. The standard InChI is InChI=1S/C26H33NO8/c1-6-9-34-10-11-35-26(31)21-15(3)27-17-12-14(2)20(25(30)33-5)24(29)23(17)22(21)16-7-8-18(28)19(13-16)32-4/h7-8,13-14,20,22,27-28H,6,9-12H2,1-5H3/t14-,20-,22+/m0/s1. The number of hydrogen-bond donors (Lipinski definition) is 2. The molecule has 9 heteroatoms. The van der Waals surface area contributed by atoms with Crippen LogP contribution in [0, 0.1) is 11.8 Å². The number of phenols is 1. The SMILES string of the molecule is CCCOCCOC(=O)C1=C(C)NC2=C(C(=O)[C@@H](C(=O)OC)[C@@H](C)C2)[C@@H]1c1ccc(O)c(OC)c1. The predicted molar refractivity (Wildman–Crippen MR) is 127 cm³/mol. The van der Waals surface area contributed by atoms with Gasteiger partial charge in [-0.15, -0.1) is 0 Å². The number of hydrogen-bond acceptors (Lipinski definition) is 9. The molecule has 0 spiro atoms. The first-order valence-electron chi connectivity index (χ1n) is 11.7. The van der Waals surface area contributed by atoms with Crippen LogP contribution in [0.4, 0.5) is 0 Å². The van der Waals surface area contributed by atoms with Gasteiger partial charge in [0.05, 0.1) is 26.4 Å². The van der Waals surface area contributed by atoms with Crippen molar-refractivity contribution >= 4 is 17.7 Å². The Hall–Kier alpha value is -3.33. The predicted octanol–water partition coefficient (Wildman–Crippen LogP) is 2.98. The highest BCUT2D eigenvalue weighted by atomic mass is 16.6. The van der Waals surface area contributed by atoms with Crippen molar-refractivity contribution in [2.75, 3.05) is 34.0 Å². The minimum absolute atomic E-state index is 0.0584. The molecule has 1 aromatic carbocycles. The van der Waals surface area contributed by atoms with Gasteiger partial charge in [-0.05, 0) is 43.4 Å². The van der Waals surface area contributed by atoms with Gasteiger partial charge in [-0.1, -0.05) is 19.9 Å². The first-order valence-corrected chi connectivity index (χ1v) is 11.7. The van der Waals surface area contributed by atoms with E-state index in [1.807, 2.05) is 13.8 Å². The minimum Gasteiger partial charge on any atom is -0.504 e. The topological polar surface area (TPSA) is 120 Å². The number of esters is 2. The third kappa shape index (κ3) is 5.35. The molecular formula is C26H33NO8. The van der Waals surface area contributed by atoms with E-state index in [1.54, 1.807) is 19.1 Å². The second kappa shape index (κ2) is 11.4. The van der Waals surface area contributed by atoms with Gasteiger partial charge >= 0.3 is 11.9 Å². The van der Waals surface area contributed by atoms with Crippen LogP contribution in [0.1, 0.15) is 45.1 Å². The number of dihydropyridines is 1. The summed E-state index contributed by atoms with van der Waals surface area (Å²) < 4.78 is 21.1. The summed E-state index contributed by atoms with van der Waals surface area (Å²) in [5, 5.41) is 13.3. The number of allylic oxidation sites excluding steroid dienone is 3. The van der Waals surface area contributed by atoms with Crippen LogP contribution >= 0.6 is 0 Å². The van der Waals surface area contributed by atoms with E-state index in [0.29, 0.717) is 35.6 Å². The fourth-order valence-electron chi connectivity index (χ4n) is 4.68. The summed E-state index contributed by atoms with van der Waals surface area (Å²) in [6.07, 6.45) is 1.28. The molecule has 190 valence electrons. The van der Waals surface area contributed by atoms with E-state index in [4.69, 9.17) is 18.9 Å². The first-order chi connectivity index (χ1) is 16.7. The monoisotopic (exact) mass is 487 g/mol. The molecule has 35 heavy (non-hydrogen) atoms. The van der Waals surface area contributed by atoms with E-state index < -0.39 is 29.6 Å². The maximum absolute atomic E-state index is 13.7. The van der Waals surface area contributed by atoms with Crippen molar-refractivity contribution in [3.05, 3.63) is 46.3 Å². The molecule has 9 nitrogen and oxygen atoms in total. The summed E-state index contributed by atoms with van der Waals surface area (Å²) in [5.74, 6) is -3.58. The number of carbonyl (C=O) groups excluding carboxylic acids is 3. The van der Waals surface area contributed by atoms with Crippen LogP contribution in [0.25, 0.3) is 0 Å². The van der Waals surface area contributed by atoms with Crippen LogP contribution in [0.15, 0.2) is 40.7 Å². The van der Waals surface area contributed by atoms with Crippen LogP contribution < -0.4 is 10.1 Å². The highest BCUT2D eigenvalue weighted by Crippen LogP contribution is 2.46. The number of phenolic OH excluding ortho intramolecular Hbond substituents is 1. The van der Waals surface area contributed by atoms with Crippen molar-refractivity contribution in [1.82, 2.24) is 5.32 Å². The molecule has 3 atom stereocenters. The summed E-state index contributed by atoms with van der Waals surface area (Å²) in [7, 11) is 2.67. The molecule has 0 radical (unpaired) electrons. The lowest BCUT2D eigenvalue weighted by molar-refractivity contribution is -0.151. The zero-order valence-corrected chi connectivity index (χ0v) is 20.8. The Morgan fingerprint density at radius 3 is 2.57 bits per heavy atom. The molecule has 3 rings (SSSR count). The molecule has 0 aromatic heterocycles. The van der Waals surface area contributed by atoms with Gasteiger partial charge in [-0.2, -0.15) is 0 Å². The van der Waals surface area contributed by atoms with Crippen molar-refractivity contribution in [3.63, 3.8) is 0 Å². The summed E-state index contributed by atoms with van der Waals surface area (Å²) in [4.78, 5) is 39.5. The summed E-state index contributed by atoms with van der Waals surface area (Å²) in [6.45, 7) is 6.44. The molecule has 0 bridgehead atoms. The molecule has 1 aliphatic carbocycles. The van der Waals surface area contributed by atoms with Crippen LogP contribution in [0.2, 0.25) is 0 Å². The Kier molecular flexibility index (Phi) is 8.56. The number of ketones is 1. The zero-order valence-electron chi connectivity index (χ0n) is 20.8. The zero-order chi connectivity index (χ0) is 25.7. The number of nitrogens with one attached hydrogen (secondary N) is 1. The van der Waals surface area contributed by atoms with E-state index in [9.17, 15) is 19.5 Å². The lowest BCUT2D eigenvalue weighted by Gasteiger charge is -2.38. The molecule has 2 aliphatic rings. The van der Waals surface area contributed by atoms with Crippen LogP contribution in [-0.4, -0.2) is 56.9 Å². The summed E-state index contributed by atoms with van der Waals surface area (Å²) in [5.41, 5.74) is 2.31. The van der Waals surface area contributed by atoms with Crippen molar-refractivity contribution in [2.24, 2.45) is 11.8 Å². The molecule has 0 unspecified atom stereocenters. The fourth-order valence-corrected chi connectivity index (χ4v) is 4.68. The average molecular weight is 488 g/mol. The van der Waals surface area contributed by atoms with E-state index in [2.05, 4.69) is 5.32 Å². The molecule has 0 saturated heterocycles. The van der Waals surface area contributed by atoms with E-state index in [1.165, 1.54) is 20.3 Å². The quantitative estimate of drug-likeness (QED) is 0.308. The van der Waals surface area contributed by atoms with Crippen molar-refractivity contribution in [2.45, 2.75) is 39.5 Å². The van der Waals surface area contributed by atoms with Gasteiger partial charge in [0.15, 0.2) is 17.3 Å². The van der Waals surface area contributed by atoms with Gasteiger partial charge in [0.1, 0.15) is 12.5 Å². The Morgan fingerprint density at radius 1 is 1.17 bits per heavy atom. The lowest BCUT2D eigenvalue weighted by atomic mass is 9.69. The highest BCUT2D eigenvalue weighted by Gasteiger charge is 2.47. The average Bonchev–Trinajstić information content (AvgIpc) is 2.83. The smallest absolute Gasteiger partial charge is 0.336 e. The van der Waals surface area contributed by atoms with Gasteiger partial charge in [0.25, 0.3) is 0 Å². The molecule has 0 saturated carbocycles. The Bertz CT molecular complexity index is 1060. The number of carbonyl (C=O) groups is 3. The van der Waals surface area contributed by atoms with E-state index >= 15 is 0 Å². The number of ether oxygens (including phenoxy) is 4. The van der Waals surface area contributed by atoms with E-state index in [-0.39, 0.29) is 36.2 Å². The highest BCUT2D eigenvalue weighted by molar-refractivity contribution is 6.12. The fraction of sp³-hybridized carbons (Fsp3) is 0.500. The van der Waals surface area contributed by atoms with Crippen molar-refractivity contribution in [3.8, 4) is 11.5 Å². The molecule has 1 heterocycles. The number of benzene rings is 1. The van der Waals surface area contributed by atoms with Crippen LogP contribution in [0.5, 0.6) is 11.5 Å². The molecule has 1 aromatic rings. The van der Waals surface area contributed by atoms with Crippen molar-refractivity contribution in [1.29, 1.82) is 0 Å². The first kappa shape index (κ1) is 26.3. The number of rotatable bonds is 9. The normalized spacial score (nSPS) is 21.9. The van der Waals surface area contributed by atoms with Crippen LogP contribution in [-0.2, 0) is 28.6 Å². The molecule has 2 N–H and O–H groups in total. The second-order valence-electron chi connectivity index (χ2n) is 8.71. The maximum Gasteiger partial charge on any atom is 0.336 e.